The van der Waals surface area contributed by atoms with Gasteiger partial charge in [0.2, 0.25) is 17.8 Å². The lowest BCUT2D eigenvalue weighted by atomic mass is 10.1. The SMILES string of the molecule is Cc1nc2cc(F)cc3c2n1C[C@@H]1CN(CCCO1)C(=O)[C@@H]1C[C@@H](CN1c1nc2nc4c1cnn4-c1ccc(F)cc1OCCN(C)C(=O)[C@@H]1CCCN21)Nc1cccc-3n1. The zero-order valence-electron chi connectivity index (χ0n) is 33.8. The van der Waals surface area contributed by atoms with Gasteiger partial charge in [-0.15, -0.1) is 0 Å². The lowest BCUT2D eigenvalue weighted by Crippen LogP contribution is -2.49. The van der Waals surface area contributed by atoms with Crippen molar-refractivity contribution in [2.75, 3.05) is 68.1 Å². The summed E-state index contributed by atoms with van der Waals surface area (Å²) in [5.41, 5.74) is 3.39. The maximum atomic E-state index is 15.2. The van der Waals surface area contributed by atoms with Gasteiger partial charge in [0.05, 0.1) is 47.5 Å². The first-order valence-electron chi connectivity index (χ1n) is 20.9. The van der Waals surface area contributed by atoms with Crippen LogP contribution in [0.4, 0.5) is 26.4 Å². The average Bonchev–Trinajstić information content (AvgIpc) is 4.03. The normalized spacial score (nSPS) is 23.1. The number of fused-ring (bicyclic) bond motifs is 12. The monoisotopic (exact) mass is 830 g/mol. The first-order chi connectivity index (χ1) is 29.7. The number of carbonyl (C=O) groups is 2. The average molecular weight is 831 g/mol. The first kappa shape index (κ1) is 37.6. The molecule has 6 aromatic rings. The number of aromatic nitrogens is 7. The minimum absolute atomic E-state index is 0.0666. The molecule has 3 saturated heterocycles. The number of nitrogens with zero attached hydrogens (tertiary/aromatic N) is 11. The molecule has 0 aliphatic carbocycles. The van der Waals surface area contributed by atoms with Gasteiger partial charge in [-0.2, -0.15) is 15.1 Å². The second kappa shape index (κ2) is 14.6. The number of pyridine rings is 1. The van der Waals surface area contributed by atoms with Crippen LogP contribution in [0.3, 0.4) is 0 Å². The number of imidazole rings is 1. The second-order valence-corrected chi connectivity index (χ2v) is 16.6. The number of amides is 2. The number of likely N-dealkylation sites (N-methyl/N-ethyl adjacent to an activating group) is 1. The van der Waals surface area contributed by atoms with E-state index in [2.05, 4.69) is 5.32 Å². The van der Waals surface area contributed by atoms with Gasteiger partial charge in [-0.1, -0.05) is 6.07 Å². The van der Waals surface area contributed by atoms with Crippen molar-refractivity contribution in [1.29, 1.82) is 0 Å². The molecule has 0 saturated carbocycles. The maximum Gasteiger partial charge on any atom is 0.245 e. The van der Waals surface area contributed by atoms with Gasteiger partial charge in [0, 0.05) is 63.6 Å². The summed E-state index contributed by atoms with van der Waals surface area (Å²) in [6.07, 6.45) is 3.76. The molecule has 4 atom stereocenters. The summed E-state index contributed by atoms with van der Waals surface area (Å²) in [7, 11) is 1.74. The van der Waals surface area contributed by atoms with Crippen molar-refractivity contribution in [3.05, 3.63) is 72.2 Å². The summed E-state index contributed by atoms with van der Waals surface area (Å²) in [5, 5.41) is 8.99. The molecule has 1 N–H and O–H groups in total. The van der Waals surface area contributed by atoms with E-state index in [9.17, 15) is 9.18 Å². The van der Waals surface area contributed by atoms with Crippen molar-refractivity contribution in [1.82, 2.24) is 44.1 Å². The third kappa shape index (κ3) is 6.45. The van der Waals surface area contributed by atoms with Crippen LogP contribution in [0.1, 0.15) is 31.5 Å². The van der Waals surface area contributed by atoms with Crippen LogP contribution in [-0.2, 0) is 20.9 Å². The van der Waals surface area contributed by atoms with Crippen LogP contribution in [0.15, 0.2) is 54.7 Å². The standard InChI is InChI=1S/C43H44F2N12O4/c1-24-47-32-17-26(45)16-29-31-6-3-8-37(49-31)48-27-19-35(42(59)53-11-5-14-60-28(22-53)23-55(24)38(29)32)56(21-27)39-30-20-46-57-33-10-9-25(44)18-36(33)61-15-13-52(2)41(58)34-7-4-12-54(34)43(50-39)51-40(30)57/h3,6,8-10,16-18,20,27-28,34-35H,4-5,7,11-15,19,21-23H2,1-2H3,(H,48,49)/t27-,28-,34-,35-/m0/s1. The number of carbonyl (C=O) groups excluding carboxylic acids is 2. The molecule has 4 aromatic heterocycles. The molecular weight excluding hydrogens is 787 g/mol. The van der Waals surface area contributed by atoms with Crippen molar-refractivity contribution in [2.24, 2.45) is 0 Å². The molecule has 314 valence electrons. The molecular formula is C43H44F2N12O4. The number of rotatable bonds is 1. The highest BCUT2D eigenvalue weighted by atomic mass is 19.1. The zero-order valence-corrected chi connectivity index (χ0v) is 33.8. The third-order valence-electron chi connectivity index (χ3n) is 12.7. The van der Waals surface area contributed by atoms with E-state index in [1.165, 1.54) is 24.3 Å². The van der Waals surface area contributed by atoms with E-state index in [1.54, 1.807) is 28.9 Å². The fourth-order valence-electron chi connectivity index (χ4n) is 9.78. The highest BCUT2D eigenvalue weighted by Crippen LogP contribution is 2.38. The molecule has 0 spiro atoms. The van der Waals surface area contributed by atoms with Crippen molar-refractivity contribution in [2.45, 2.75) is 63.4 Å². The van der Waals surface area contributed by atoms with Crippen molar-refractivity contribution in [3.8, 4) is 22.7 Å². The largest absolute Gasteiger partial charge is 0.489 e. The van der Waals surface area contributed by atoms with Gasteiger partial charge < -0.3 is 39.0 Å². The summed E-state index contributed by atoms with van der Waals surface area (Å²) < 4.78 is 46.2. The first-order valence-corrected chi connectivity index (χ1v) is 20.9. The van der Waals surface area contributed by atoms with Crippen LogP contribution in [0, 0.1) is 18.6 Å². The van der Waals surface area contributed by atoms with Crippen molar-refractivity contribution in [3.63, 3.8) is 0 Å². The number of benzene rings is 2. The van der Waals surface area contributed by atoms with Crippen LogP contribution in [0.5, 0.6) is 5.75 Å². The topological polar surface area (TPSA) is 152 Å². The molecule has 2 amide bonds. The van der Waals surface area contributed by atoms with Crippen LogP contribution >= 0.6 is 0 Å². The minimum atomic E-state index is -0.666. The highest BCUT2D eigenvalue weighted by Gasteiger charge is 2.43. The van der Waals surface area contributed by atoms with Gasteiger partial charge in [-0.3, -0.25) is 9.59 Å². The quantitative estimate of drug-likeness (QED) is 0.251. The Kier molecular flexibility index (Phi) is 9.01. The van der Waals surface area contributed by atoms with E-state index >= 15 is 9.18 Å². The number of ether oxygens (including phenoxy) is 2. The minimum Gasteiger partial charge on any atom is -0.489 e. The van der Waals surface area contributed by atoms with Crippen LogP contribution in [0.2, 0.25) is 0 Å². The summed E-state index contributed by atoms with van der Waals surface area (Å²) in [6, 6.07) is 11.4. The molecule has 0 radical (unpaired) electrons. The molecule has 5 aliphatic rings. The third-order valence-corrected chi connectivity index (χ3v) is 12.7. The van der Waals surface area contributed by atoms with Gasteiger partial charge in [0.15, 0.2) is 5.65 Å². The number of aryl methyl sites for hydroxylation is 1. The Balaban J connectivity index is 1.07. The maximum absolute atomic E-state index is 15.2. The predicted molar refractivity (Wildman–Crippen MR) is 222 cm³/mol. The van der Waals surface area contributed by atoms with E-state index in [-0.39, 0.29) is 36.3 Å². The van der Waals surface area contributed by atoms with E-state index in [0.29, 0.717) is 122 Å². The van der Waals surface area contributed by atoms with Crippen LogP contribution in [-0.4, -0.2) is 133 Å². The van der Waals surface area contributed by atoms with Crippen molar-refractivity contribution >= 4 is 51.5 Å². The van der Waals surface area contributed by atoms with Gasteiger partial charge in [-0.25, -0.2) is 23.4 Å². The number of halogens is 2. The summed E-state index contributed by atoms with van der Waals surface area (Å²) in [6.45, 7) is 4.95. The molecule has 61 heavy (non-hydrogen) atoms. The molecule has 9 heterocycles. The molecule has 11 rings (SSSR count). The smallest absolute Gasteiger partial charge is 0.245 e. The molecule has 3 fully saturated rings. The Bertz CT molecular complexity index is 2740. The number of anilines is 3. The molecule has 2 aromatic carbocycles. The Labute approximate surface area is 349 Å². The number of hydrogen-bond acceptors (Lipinski definition) is 12. The number of hydrogen-bond donors (Lipinski definition) is 1. The van der Waals surface area contributed by atoms with Gasteiger partial charge in [0.25, 0.3) is 0 Å². The van der Waals surface area contributed by atoms with E-state index in [1.807, 2.05) is 44.4 Å². The fourth-order valence-corrected chi connectivity index (χ4v) is 9.78. The molecule has 16 nitrogen and oxygen atoms in total. The van der Waals surface area contributed by atoms with Gasteiger partial charge >= 0.3 is 0 Å². The molecule has 0 unspecified atom stereocenters. The van der Waals surface area contributed by atoms with E-state index in [4.69, 9.17) is 34.5 Å². The van der Waals surface area contributed by atoms with Crippen molar-refractivity contribution < 1.29 is 27.8 Å². The Hall–Kier alpha value is -6.43. The predicted octanol–water partition coefficient (Wildman–Crippen LogP) is 4.32. The molecule has 18 heteroatoms. The second-order valence-electron chi connectivity index (χ2n) is 16.6. The zero-order chi connectivity index (χ0) is 41.5. The lowest BCUT2D eigenvalue weighted by Gasteiger charge is -2.32. The van der Waals surface area contributed by atoms with Crippen LogP contribution in [0.25, 0.3) is 39.0 Å². The van der Waals surface area contributed by atoms with Gasteiger partial charge in [-0.05, 0) is 62.9 Å². The number of nitrogens with one attached hydrogen (secondary N) is 1. The Morgan fingerprint density at radius 3 is 2.66 bits per heavy atom. The lowest BCUT2D eigenvalue weighted by molar-refractivity contribution is -0.133. The summed E-state index contributed by atoms with van der Waals surface area (Å²) in [4.78, 5) is 56.8. The fraction of sp³-hybridized carbons (Fsp3) is 0.419. The van der Waals surface area contributed by atoms with E-state index < -0.39 is 23.7 Å². The summed E-state index contributed by atoms with van der Waals surface area (Å²) in [5.74, 6) is 1.32. The highest BCUT2D eigenvalue weighted by molar-refractivity contribution is 5.95. The van der Waals surface area contributed by atoms with E-state index in [0.717, 1.165) is 11.9 Å². The van der Waals surface area contributed by atoms with Crippen LogP contribution < -0.4 is 19.9 Å². The molecule has 8 bridgehead atoms. The van der Waals surface area contributed by atoms with Gasteiger partial charge in [0.1, 0.15) is 59.2 Å². The summed E-state index contributed by atoms with van der Waals surface area (Å²) >= 11 is 0. The molecule has 5 aliphatic heterocycles. The Morgan fingerprint density at radius 1 is 0.852 bits per heavy atom. The Morgan fingerprint density at radius 2 is 1.75 bits per heavy atom.